The summed E-state index contributed by atoms with van der Waals surface area (Å²) in [6.07, 6.45) is 1.27. The lowest BCUT2D eigenvalue weighted by atomic mass is 9.94. The van der Waals surface area contributed by atoms with Gasteiger partial charge in [0.1, 0.15) is 0 Å². The molecule has 0 saturated carbocycles. The molecule has 0 aromatic heterocycles. The van der Waals surface area contributed by atoms with Crippen molar-refractivity contribution in [2.75, 3.05) is 19.6 Å². The average molecular weight is 142 g/mol. The van der Waals surface area contributed by atoms with Crippen LogP contribution >= 0.6 is 0 Å². The van der Waals surface area contributed by atoms with Gasteiger partial charge in [0.2, 0.25) is 0 Å². The molecular weight excluding hydrogens is 124 g/mol. The SMILES string of the molecule is CCN1CC[C@H](C)[C@@H](N)C1. The van der Waals surface area contributed by atoms with Gasteiger partial charge in [-0.05, 0) is 25.4 Å². The molecule has 0 bridgehead atoms. The van der Waals surface area contributed by atoms with Crippen molar-refractivity contribution in [1.29, 1.82) is 0 Å². The summed E-state index contributed by atoms with van der Waals surface area (Å²) in [6.45, 7) is 7.93. The van der Waals surface area contributed by atoms with Crippen molar-refractivity contribution in [3.63, 3.8) is 0 Å². The van der Waals surface area contributed by atoms with E-state index in [1.165, 1.54) is 13.0 Å². The molecule has 1 aliphatic rings. The van der Waals surface area contributed by atoms with E-state index in [0.29, 0.717) is 6.04 Å². The second kappa shape index (κ2) is 3.35. The van der Waals surface area contributed by atoms with Crippen molar-refractivity contribution in [2.24, 2.45) is 11.7 Å². The second-order valence-electron chi connectivity index (χ2n) is 3.32. The Bertz CT molecular complexity index is 103. The van der Waals surface area contributed by atoms with Crippen LogP contribution in [0.5, 0.6) is 0 Å². The number of nitrogens with zero attached hydrogens (tertiary/aromatic N) is 1. The Labute approximate surface area is 63.4 Å². The fourth-order valence-corrected chi connectivity index (χ4v) is 1.46. The highest BCUT2D eigenvalue weighted by molar-refractivity contribution is 4.79. The third kappa shape index (κ3) is 1.70. The molecule has 60 valence electrons. The first-order valence-electron chi connectivity index (χ1n) is 4.22. The Morgan fingerprint density at radius 3 is 2.80 bits per heavy atom. The third-order valence-corrected chi connectivity index (χ3v) is 2.55. The smallest absolute Gasteiger partial charge is 0.0194 e. The van der Waals surface area contributed by atoms with E-state index in [4.69, 9.17) is 5.73 Å². The summed E-state index contributed by atoms with van der Waals surface area (Å²) in [5.41, 5.74) is 5.90. The largest absolute Gasteiger partial charge is 0.326 e. The summed E-state index contributed by atoms with van der Waals surface area (Å²) < 4.78 is 0. The number of rotatable bonds is 1. The van der Waals surface area contributed by atoms with Gasteiger partial charge in [-0.25, -0.2) is 0 Å². The van der Waals surface area contributed by atoms with Crippen LogP contribution < -0.4 is 5.73 Å². The molecule has 1 fully saturated rings. The lowest BCUT2D eigenvalue weighted by Gasteiger charge is -2.34. The number of likely N-dealkylation sites (N-methyl/N-ethyl adjacent to an activating group) is 1. The van der Waals surface area contributed by atoms with E-state index in [1.54, 1.807) is 0 Å². The summed E-state index contributed by atoms with van der Waals surface area (Å²) in [5.74, 6) is 0.725. The van der Waals surface area contributed by atoms with Crippen molar-refractivity contribution < 1.29 is 0 Å². The normalized spacial score (nSPS) is 36.3. The maximum Gasteiger partial charge on any atom is 0.0194 e. The topological polar surface area (TPSA) is 29.3 Å². The Balaban J connectivity index is 2.33. The minimum absolute atomic E-state index is 0.411. The first-order valence-corrected chi connectivity index (χ1v) is 4.22. The van der Waals surface area contributed by atoms with E-state index in [1.807, 2.05) is 0 Å². The van der Waals surface area contributed by atoms with Crippen molar-refractivity contribution in [1.82, 2.24) is 4.90 Å². The molecule has 1 aliphatic heterocycles. The molecular formula is C8H18N2. The third-order valence-electron chi connectivity index (χ3n) is 2.55. The monoisotopic (exact) mass is 142 g/mol. The van der Waals surface area contributed by atoms with Gasteiger partial charge in [-0.3, -0.25) is 0 Å². The number of piperidine rings is 1. The van der Waals surface area contributed by atoms with Gasteiger partial charge in [0.15, 0.2) is 0 Å². The molecule has 0 amide bonds. The predicted octanol–water partition coefficient (Wildman–Crippen LogP) is 0.675. The summed E-state index contributed by atoms with van der Waals surface area (Å²) in [7, 11) is 0. The van der Waals surface area contributed by atoms with Crippen molar-refractivity contribution in [2.45, 2.75) is 26.3 Å². The fraction of sp³-hybridized carbons (Fsp3) is 1.00. The molecule has 2 nitrogen and oxygen atoms in total. The quantitative estimate of drug-likeness (QED) is 0.583. The average Bonchev–Trinajstić information content (AvgIpc) is 1.95. The molecule has 10 heavy (non-hydrogen) atoms. The molecule has 1 rings (SSSR count). The molecule has 1 heterocycles. The lowest BCUT2D eigenvalue weighted by Crippen LogP contribution is -2.47. The fourth-order valence-electron chi connectivity index (χ4n) is 1.46. The van der Waals surface area contributed by atoms with E-state index in [9.17, 15) is 0 Å². The van der Waals surface area contributed by atoms with Crippen molar-refractivity contribution >= 4 is 0 Å². The first kappa shape index (κ1) is 8.02. The van der Waals surface area contributed by atoms with Crippen molar-refractivity contribution in [3.05, 3.63) is 0 Å². The molecule has 0 spiro atoms. The Morgan fingerprint density at radius 1 is 1.60 bits per heavy atom. The van der Waals surface area contributed by atoms with Gasteiger partial charge >= 0.3 is 0 Å². The van der Waals surface area contributed by atoms with Crippen LogP contribution in [0.25, 0.3) is 0 Å². The molecule has 1 saturated heterocycles. The number of nitrogens with two attached hydrogens (primary N) is 1. The zero-order valence-electron chi connectivity index (χ0n) is 7.01. The first-order chi connectivity index (χ1) is 4.74. The maximum atomic E-state index is 5.90. The van der Waals surface area contributed by atoms with Gasteiger partial charge in [0.25, 0.3) is 0 Å². The highest BCUT2D eigenvalue weighted by Crippen LogP contribution is 2.14. The van der Waals surface area contributed by atoms with Gasteiger partial charge < -0.3 is 10.6 Å². The molecule has 0 aromatic rings. The number of hydrogen-bond acceptors (Lipinski definition) is 2. The van der Waals surface area contributed by atoms with Crippen molar-refractivity contribution in [3.8, 4) is 0 Å². The minimum atomic E-state index is 0.411. The Morgan fingerprint density at radius 2 is 2.30 bits per heavy atom. The Kier molecular flexibility index (Phi) is 2.69. The number of hydrogen-bond donors (Lipinski definition) is 1. The van der Waals surface area contributed by atoms with Gasteiger partial charge in [0.05, 0.1) is 0 Å². The van der Waals surface area contributed by atoms with E-state index >= 15 is 0 Å². The second-order valence-corrected chi connectivity index (χ2v) is 3.32. The molecule has 2 atom stereocenters. The highest BCUT2D eigenvalue weighted by atomic mass is 15.1. The van der Waals surface area contributed by atoms with Crippen LogP contribution in [-0.2, 0) is 0 Å². The summed E-state index contributed by atoms with van der Waals surface area (Å²) in [6, 6.07) is 0.411. The zero-order chi connectivity index (χ0) is 7.56. The van der Waals surface area contributed by atoms with Crippen LogP contribution in [0.2, 0.25) is 0 Å². The summed E-state index contributed by atoms with van der Waals surface area (Å²) in [4.78, 5) is 2.42. The van der Waals surface area contributed by atoms with Crippen LogP contribution in [0.4, 0.5) is 0 Å². The summed E-state index contributed by atoms with van der Waals surface area (Å²) >= 11 is 0. The highest BCUT2D eigenvalue weighted by Gasteiger charge is 2.21. The van der Waals surface area contributed by atoms with Crippen LogP contribution in [0, 0.1) is 5.92 Å². The van der Waals surface area contributed by atoms with E-state index in [-0.39, 0.29) is 0 Å². The van der Waals surface area contributed by atoms with E-state index in [2.05, 4.69) is 18.7 Å². The zero-order valence-corrected chi connectivity index (χ0v) is 7.01. The Hall–Kier alpha value is -0.0800. The van der Waals surface area contributed by atoms with Crippen LogP contribution in [-0.4, -0.2) is 30.6 Å². The van der Waals surface area contributed by atoms with Gasteiger partial charge in [-0.2, -0.15) is 0 Å². The van der Waals surface area contributed by atoms with Gasteiger partial charge in [-0.1, -0.05) is 13.8 Å². The van der Waals surface area contributed by atoms with Crippen LogP contribution in [0.15, 0.2) is 0 Å². The molecule has 0 unspecified atom stereocenters. The maximum absolute atomic E-state index is 5.90. The van der Waals surface area contributed by atoms with Gasteiger partial charge in [0, 0.05) is 12.6 Å². The van der Waals surface area contributed by atoms with Crippen LogP contribution in [0.3, 0.4) is 0 Å². The molecule has 2 heteroatoms. The number of likely N-dealkylation sites (tertiary alicyclic amines) is 1. The minimum Gasteiger partial charge on any atom is -0.326 e. The molecule has 0 aromatic carbocycles. The standard InChI is InChI=1S/C8H18N2/c1-3-10-5-4-7(2)8(9)6-10/h7-8H,3-6,9H2,1-2H3/t7-,8-/m0/s1. The van der Waals surface area contributed by atoms with Crippen LogP contribution in [0.1, 0.15) is 20.3 Å². The lowest BCUT2D eigenvalue weighted by molar-refractivity contribution is 0.176. The molecule has 0 radical (unpaired) electrons. The summed E-state index contributed by atoms with van der Waals surface area (Å²) in [5, 5.41) is 0. The predicted molar refractivity (Wildman–Crippen MR) is 43.9 cm³/mol. The molecule has 2 N–H and O–H groups in total. The molecule has 0 aliphatic carbocycles. The van der Waals surface area contributed by atoms with E-state index in [0.717, 1.165) is 19.0 Å². The van der Waals surface area contributed by atoms with Gasteiger partial charge in [-0.15, -0.1) is 0 Å². The van der Waals surface area contributed by atoms with E-state index < -0.39 is 0 Å².